The second kappa shape index (κ2) is 4.72. The molecule has 3 rings (SSSR count). The lowest BCUT2D eigenvalue weighted by atomic mass is 10.2. The molecule has 0 fully saturated rings. The Morgan fingerprint density at radius 1 is 1.25 bits per heavy atom. The quantitative estimate of drug-likeness (QED) is 0.759. The Labute approximate surface area is 114 Å². The van der Waals surface area contributed by atoms with Gasteiger partial charge in [0.05, 0.1) is 31.8 Å². The third kappa shape index (κ3) is 1.91. The number of methoxy groups -OCH3 is 2. The molecule has 104 valence electrons. The molecule has 20 heavy (non-hydrogen) atoms. The molecule has 0 spiro atoms. The van der Waals surface area contributed by atoms with Gasteiger partial charge >= 0.3 is 0 Å². The van der Waals surface area contributed by atoms with E-state index >= 15 is 0 Å². The molecule has 2 aromatic heterocycles. The van der Waals surface area contributed by atoms with Crippen molar-refractivity contribution in [2.75, 3.05) is 20.0 Å². The van der Waals surface area contributed by atoms with E-state index in [1.165, 1.54) is 6.39 Å². The Hall–Kier alpha value is -2.77. The van der Waals surface area contributed by atoms with Crippen LogP contribution in [0.3, 0.4) is 0 Å². The number of hydrogen-bond acceptors (Lipinski definition) is 7. The van der Waals surface area contributed by atoms with Crippen LogP contribution in [0.25, 0.3) is 11.0 Å². The number of imidazole rings is 1. The monoisotopic (exact) mass is 275 g/mol. The van der Waals surface area contributed by atoms with E-state index < -0.39 is 0 Å². The summed E-state index contributed by atoms with van der Waals surface area (Å²) in [6.07, 6.45) is 1.27. The summed E-state index contributed by atoms with van der Waals surface area (Å²) < 4.78 is 17.0. The number of nitrogens with two attached hydrogens (primary N) is 1. The second-order valence-corrected chi connectivity index (χ2v) is 4.10. The number of anilines is 1. The lowest BCUT2D eigenvalue weighted by Crippen LogP contribution is -2.05. The summed E-state index contributed by atoms with van der Waals surface area (Å²) in [5, 5.41) is 3.77. The van der Waals surface area contributed by atoms with Crippen LogP contribution in [0.1, 0.15) is 5.82 Å². The number of rotatable bonds is 4. The molecule has 0 unspecified atom stereocenters. The van der Waals surface area contributed by atoms with Gasteiger partial charge in [0.15, 0.2) is 17.3 Å². The summed E-state index contributed by atoms with van der Waals surface area (Å²) in [4.78, 5) is 8.27. The number of aromatic nitrogens is 4. The third-order valence-corrected chi connectivity index (χ3v) is 2.99. The van der Waals surface area contributed by atoms with E-state index in [-0.39, 0.29) is 0 Å². The molecular formula is C12H13N5O3. The number of hydrogen-bond donors (Lipinski definition) is 1. The fourth-order valence-corrected chi connectivity index (χ4v) is 2.04. The third-order valence-electron chi connectivity index (χ3n) is 2.99. The number of nitrogen functional groups attached to an aromatic ring is 1. The topological polar surface area (TPSA) is 101 Å². The van der Waals surface area contributed by atoms with Crippen LogP contribution < -0.4 is 15.2 Å². The first kappa shape index (κ1) is 12.3. The molecule has 3 aromatic rings. The highest BCUT2D eigenvalue weighted by Gasteiger charge is 2.14. The summed E-state index contributed by atoms with van der Waals surface area (Å²) in [7, 11) is 3.15. The molecule has 0 aliphatic heterocycles. The molecule has 2 N–H and O–H groups in total. The smallest absolute Gasteiger partial charge is 0.213 e. The zero-order chi connectivity index (χ0) is 14.1. The largest absolute Gasteiger partial charge is 0.493 e. The Kier molecular flexibility index (Phi) is 2.90. The van der Waals surface area contributed by atoms with Crippen molar-refractivity contribution in [3.63, 3.8) is 0 Å². The number of ether oxygens (including phenoxy) is 2. The van der Waals surface area contributed by atoms with Crippen molar-refractivity contribution in [1.29, 1.82) is 0 Å². The number of fused-ring (bicyclic) bond motifs is 1. The Balaban J connectivity index is 2.14. The highest BCUT2D eigenvalue weighted by molar-refractivity contribution is 5.82. The predicted octanol–water partition coefficient (Wildman–Crippen LogP) is 1.07. The second-order valence-electron chi connectivity index (χ2n) is 4.10. The van der Waals surface area contributed by atoms with E-state index in [9.17, 15) is 0 Å². The Morgan fingerprint density at radius 2 is 2.00 bits per heavy atom. The van der Waals surface area contributed by atoms with Crippen LogP contribution in [-0.4, -0.2) is 33.9 Å². The summed E-state index contributed by atoms with van der Waals surface area (Å²) in [6, 6.07) is 3.59. The minimum absolute atomic E-state index is 0.361. The van der Waals surface area contributed by atoms with Crippen molar-refractivity contribution >= 4 is 17.0 Å². The predicted molar refractivity (Wildman–Crippen MR) is 70.6 cm³/mol. The van der Waals surface area contributed by atoms with Crippen molar-refractivity contribution < 1.29 is 14.0 Å². The van der Waals surface area contributed by atoms with Crippen molar-refractivity contribution in [1.82, 2.24) is 19.7 Å². The van der Waals surface area contributed by atoms with Gasteiger partial charge in [-0.15, -0.1) is 0 Å². The van der Waals surface area contributed by atoms with Crippen LogP contribution in [0.5, 0.6) is 11.5 Å². The first-order valence-electron chi connectivity index (χ1n) is 5.86. The van der Waals surface area contributed by atoms with E-state index in [0.29, 0.717) is 35.3 Å². The van der Waals surface area contributed by atoms with Crippen molar-refractivity contribution in [2.24, 2.45) is 0 Å². The van der Waals surface area contributed by atoms with Crippen LogP contribution in [0.4, 0.5) is 5.95 Å². The molecular weight excluding hydrogens is 262 g/mol. The highest BCUT2D eigenvalue weighted by atomic mass is 16.5. The number of benzene rings is 1. The maximum atomic E-state index is 5.94. The molecule has 0 saturated heterocycles. The van der Waals surface area contributed by atoms with Crippen molar-refractivity contribution in [3.8, 4) is 11.5 Å². The molecule has 1 aromatic carbocycles. The standard InChI is InChI=1S/C12H13N5O3/c1-18-9-3-7-8(4-10(9)19-2)17(12(13)15-7)5-11-14-6-20-16-11/h3-4,6H,5H2,1-2H3,(H2,13,15). The molecule has 0 radical (unpaired) electrons. The first-order chi connectivity index (χ1) is 9.72. The lowest BCUT2D eigenvalue weighted by molar-refractivity contribution is 0.355. The molecule has 0 amide bonds. The Bertz CT molecular complexity index is 735. The zero-order valence-corrected chi connectivity index (χ0v) is 11.0. The molecule has 0 aliphatic rings. The van der Waals surface area contributed by atoms with Gasteiger partial charge in [-0.05, 0) is 0 Å². The lowest BCUT2D eigenvalue weighted by Gasteiger charge is -2.08. The normalized spacial score (nSPS) is 10.9. The number of nitrogens with zero attached hydrogens (tertiary/aromatic N) is 4. The summed E-state index contributed by atoms with van der Waals surface area (Å²) in [5.41, 5.74) is 7.46. The van der Waals surface area contributed by atoms with Crippen molar-refractivity contribution in [2.45, 2.75) is 6.54 Å². The van der Waals surface area contributed by atoms with Gasteiger partial charge in [-0.3, -0.25) is 0 Å². The molecule has 0 atom stereocenters. The molecule has 8 heteroatoms. The van der Waals surface area contributed by atoms with Gasteiger partial charge in [-0.2, -0.15) is 4.98 Å². The van der Waals surface area contributed by atoms with Crippen LogP contribution in [0.15, 0.2) is 23.0 Å². The SMILES string of the molecule is COc1cc2nc(N)n(Cc3ncon3)c2cc1OC. The van der Waals surface area contributed by atoms with E-state index in [2.05, 4.69) is 15.1 Å². The molecule has 0 saturated carbocycles. The molecule has 0 aliphatic carbocycles. The van der Waals surface area contributed by atoms with Crippen molar-refractivity contribution in [3.05, 3.63) is 24.4 Å². The highest BCUT2D eigenvalue weighted by Crippen LogP contribution is 2.33. The van der Waals surface area contributed by atoms with Gasteiger partial charge in [-0.25, -0.2) is 4.98 Å². The van der Waals surface area contributed by atoms with E-state index in [4.69, 9.17) is 19.7 Å². The minimum atomic E-state index is 0.361. The van der Waals surface area contributed by atoms with E-state index in [1.807, 2.05) is 6.07 Å². The van der Waals surface area contributed by atoms with E-state index in [1.54, 1.807) is 24.9 Å². The van der Waals surface area contributed by atoms with Gasteiger partial charge in [0.25, 0.3) is 0 Å². The fourth-order valence-electron chi connectivity index (χ4n) is 2.04. The van der Waals surface area contributed by atoms with Crippen LogP contribution in [-0.2, 0) is 6.54 Å². The molecule has 2 heterocycles. The molecule has 8 nitrogen and oxygen atoms in total. The first-order valence-corrected chi connectivity index (χ1v) is 5.86. The van der Waals surface area contributed by atoms with Gasteiger partial charge in [-0.1, -0.05) is 5.16 Å². The fraction of sp³-hybridized carbons (Fsp3) is 0.250. The minimum Gasteiger partial charge on any atom is -0.493 e. The summed E-state index contributed by atoms with van der Waals surface area (Å²) in [5.74, 6) is 2.09. The average molecular weight is 275 g/mol. The average Bonchev–Trinajstić information content (AvgIpc) is 3.06. The van der Waals surface area contributed by atoms with Crippen LogP contribution in [0, 0.1) is 0 Å². The summed E-state index contributed by atoms with van der Waals surface area (Å²) >= 11 is 0. The molecule has 0 bridgehead atoms. The summed E-state index contributed by atoms with van der Waals surface area (Å²) in [6.45, 7) is 0.369. The van der Waals surface area contributed by atoms with E-state index in [0.717, 1.165) is 5.52 Å². The zero-order valence-electron chi connectivity index (χ0n) is 11.0. The van der Waals surface area contributed by atoms with Gasteiger partial charge in [0, 0.05) is 12.1 Å². The van der Waals surface area contributed by atoms with Crippen LogP contribution in [0.2, 0.25) is 0 Å². The van der Waals surface area contributed by atoms with Gasteiger partial charge in [0.2, 0.25) is 12.3 Å². The maximum absolute atomic E-state index is 5.94. The van der Waals surface area contributed by atoms with Crippen LogP contribution >= 0.6 is 0 Å². The Morgan fingerprint density at radius 3 is 2.65 bits per heavy atom. The van der Waals surface area contributed by atoms with Gasteiger partial charge < -0.3 is 24.3 Å². The maximum Gasteiger partial charge on any atom is 0.213 e. The van der Waals surface area contributed by atoms with Gasteiger partial charge in [0.1, 0.15) is 0 Å².